The quantitative estimate of drug-likeness (QED) is 0.575. The highest BCUT2D eigenvalue weighted by Crippen LogP contribution is 2.09. The highest BCUT2D eigenvalue weighted by atomic mass is 16.4. The van der Waals surface area contributed by atoms with Crippen molar-refractivity contribution < 1.29 is 14.7 Å². The molecule has 3 N–H and O–H groups in total. The molecular formula is C16H24N2O3. The Morgan fingerprint density at radius 1 is 1.10 bits per heavy atom. The van der Waals surface area contributed by atoms with E-state index in [1.807, 2.05) is 31.3 Å². The monoisotopic (exact) mass is 292 g/mol. The van der Waals surface area contributed by atoms with E-state index in [2.05, 4.69) is 10.6 Å². The molecule has 0 unspecified atom stereocenters. The van der Waals surface area contributed by atoms with Gasteiger partial charge in [-0.1, -0.05) is 24.6 Å². The van der Waals surface area contributed by atoms with Gasteiger partial charge in [-0.05, 0) is 44.5 Å². The zero-order valence-corrected chi connectivity index (χ0v) is 12.5. The fourth-order valence-electron chi connectivity index (χ4n) is 2.09. The van der Waals surface area contributed by atoms with E-state index in [1.54, 1.807) is 0 Å². The van der Waals surface area contributed by atoms with E-state index in [-0.39, 0.29) is 12.3 Å². The zero-order chi connectivity index (χ0) is 15.5. The maximum Gasteiger partial charge on any atom is 0.303 e. The van der Waals surface area contributed by atoms with E-state index >= 15 is 0 Å². The summed E-state index contributed by atoms with van der Waals surface area (Å²) in [5, 5.41) is 14.5. The Bertz CT molecular complexity index is 461. The third kappa shape index (κ3) is 6.90. The van der Waals surface area contributed by atoms with Crippen LogP contribution in [0.1, 0.15) is 41.6 Å². The Kier molecular flexibility index (Phi) is 8.12. The van der Waals surface area contributed by atoms with E-state index in [9.17, 15) is 9.59 Å². The van der Waals surface area contributed by atoms with Gasteiger partial charge in [-0.3, -0.25) is 9.59 Å². The number of carboxylic acid groups (broad SMARTS) is 1. The minimum atomic E-state index is -0.766. The predicted octanol–water partition coefficient (Wildman–Crippen LogP) is 1.82. The van der Waals surface area contributed by atoms with Gasteiger partial charge >= 0.3 is 5.97 Å². The van der Waals surface area contributed by atoms with Crippen LogP contribution in [0.2, 0.25) is 0 Å². The molecule has 21 heavy (non-hydrogen) atoms. The second-order valence-electron chi connectivity index (χ2n) is 4.97. The molecule has 0 radical (unpaired) electrons. The Morgan fingerprint density at radius 2 is 1.86 bits per heavy atom. The first kappa shape index (κ1) is 17.2. The van der Waals surface area contributed by atoms with E-state index in [4.69, 9.17) is 5.11 Å². The molecule has 0 spiro atoms. The van der Waals surface area contributed by atoms with Crippen LogP contribution in [-0.2, 0) is 11.2 Å². The Labute approximate surface area is 125 Å². The molecule has 5 heteroatoms. The first-order valence-corrected chi connectivity index (χ1v) is 7.37. The van der Waals surface area contributed by atoms with Gasteiger partial charge in [0.1, 0.15) is 0 Å². The SMILES string of the molecule is CNCCc1ccccc1C(=O)NCCCCCC(=O)O. The molecule has 0 fully saturated rings. The molecule has 1 aromatic rings. The van der Waals surface area contributed by atoms with Gasteiger partial charge < -0.3 is 15.7 Å². The molecular weight excluding hydrogens is 268 g/mol. The van der Waals surface area contributed by atoms with Gasteiger partial charge in [-0.2, -0.15) is 0 Å². The Balaban J connectivity index is 2.36. The zero-order valence-electron chi connectivity index (χ0n) is 12.5. The summed E-state index contributed by atoms with van der Waals surface area (Å²) in [5.41, 5.74) is 1.76. The standard InChI is InChI=1S/C16H24N2O3/c1-17-12-10-13-7-4-5-8-14(13)16(21)18-11-6-2-3-9-15(19)20/h4-5,7-8,17H,2-3,6,9-12H2,1H3,(H,18,21)(H,19,20). The topological polar surface area (TPSA) is 78.4 Å². The number of amides is 1. The van der Waals surface area contributed by atoms with Crippen molar-refractivity contribution in [2.24, 2.45) is 0 Å². The number of unbranched alkanes of at least 4 members (excludes halogenated alkanes) is 2. The maximum absolute atomic E-state index is 12.1. The number of hydrogen-bond acceptors (Lipinski definition) is 3. The minimum Gasteiger partial charge on any atom is -0.481 e. The molecule has 0 aliphatic rings. The molecule has 0 atom stereocenters. The number of carboxylic acids is 1. The average Bonchev–Trinajstić information content (AvgIpc) is 2.48. The molecule has 116 valence electrons. The second kappa shape index (κ2) is 9.94. The number of rotatable bonds is 10. The van der Waals surface area contributed by atoms with Crippen LogP contribution in [0.5, 0.6) is 0 Å². The molecule has 1 aromatic carbocycles. The normalized spacial score (nSPS) is 10.3. The van der Waals surface area contributed by atoms with E-state index in [1.165, 1.54) is 0 Å². The highest BCUT2D eigenvalue weighted by Gasteiger charge is 2.09. The van der Waals surface area contributed by atoms with Crippen molar-refractivity contribution in [1.82, 2.24) is 10.6 Å². The van der Waals surface area contributed by atoms with Gasteiger partial charge in [0.25, 0.3) is 5.91 Å². The molecule has 0 aliphatic carbocycles. The lowest BCUT2D eigenvalue weighted by molar-refractivity contribution is -0.137. The number of benzene rings is 1. The van der Waals surface area contributed by atoms with Crippen LogP contribution in [0.25, 0.3) is 0 Å². The molecule has 0 aliphatic heterocycles. The molecule has 1 amide bonds. The third-order valence-corrected chi connectivity index (χ3v) is 3.26. The molecule has 0 heterocycles. The number of hydrogen-bond donors (Lipinski definition) is 3. The molecule has 5 nitrogen and oxygen atoms in total. The van der Waals surface area contributed by atoms with Crippen molar-refractivity contribution in [2.45, 2.75) is 32.1 Å². The third-order valence-electron chi connectivity index (χ3n) is 3.26. The van der Waals surface area contributed by atoms with Gasteiger partial charge in [-0.15, -0.1) is 0 Å². The average molecular weight is 292 g/mol. The van der Waals surface area contributed by atoms with Gasteiger partial charge in [0.05, 0.1) is 0 Å². The number of aliphatic carboxylic acids is 1. The van der Waals surface area contributed by atoms with Crippen LogP contribution >= 0.6 is 0 Å². The fourth-order valence-corrected chi connectivity index (χ4v) is 2.09. The van der Waals surface area contributed by atoms with E-state index < -0.39 is 5.97 Å². The van der Waals surface area contributed by atoms with E-state index in [0.717, 1.165) is 36.9 Å². The summed E-state index contributed by atoms with van der Waals surface area (Å²) in [6.45, 7) is 1.41. The van der Waals surface area contributed by atoms with Crippen LogP contribution in [-0.4, -0.2) is 37.1 Å². The molecule has 0 bridgehead atoms. The first-order valence-electron chi connectivity index (χ1n) is 7.37. The number of carbonyl (C=O) groups excluding carboxylic acids is 1. The van der Waals surface area contributed by atoms with Crippen molar-refractivity contribution in [3.63, 3.8) is 0 Å². The summed E-state index contributed by atoms with van der Waals surface area (Å²) in [7, 11) is 1.89. The number of likely N-dealkylation sites (N-methyl/N-ethyl adjacent to an activating group) is 1. The van der Waals surface area contributed by atoms with Crippen LogP contribution in [0.15, 0.2) is 24.3 Å². The van der Waals surface area contributed by atoms with Crippen molar-refractivity contribution in [3.05, 3.63) is 35.4 Å². The Morgan fingerprint density at radius 3 is 2.57 bits per heavy atom. The molecule has 0 aromatic heterocycles. The second-order valence-corrected chi connectivity index (χ2v) is 4.97. The smallest absolute Gasteiger partial charge is 0.303 e. The number of carbonyl (C=O) groups is 2. The fraction of sp³-hybridized carbons (Fsp3) is 0.500. The molecule has 0 saturated heterocycles. The predicted molar refractivity (Wildman–Crippen MR) is 82.5 cm³/mol. The minimum absolute atomic E-state index is 0.0556. The van der Waals surface area contributed by atoms with Crippen molar-refractivity contribution in [2.75, 3.05) is 20.1 Å². The van der Waals surface area contributed by atoms with Crippen molar-refractivity contribution in [3.8, 4) is 0 Å². The largest absolute Gasteiger partial charge is 0.481 e. The summed E-state index contributed by atoms with van der Waals surface area (Å²) in [6, 6.07) is 7.61. The maximum atomic E-state index is 12.1. The van der Waals surface area contributed by atoms with Crippen LogP contribution in [0, 0.1) is 0 Å². The van der Waals surface area contributed by atoms with Crippen molar-refractivity contribution in [1.29, 1.82) is 0 Å². The highest BCUT2D eigenvalue weighted by molar-refractivity contribution is 5.95. The Hall–Kier alpha value is -1.88. The summed E-state index contributed by atoms with van der Waals surface area (Å²) in [6.07, 6.45) is 3.29. The summed E-state index contributed by atoms with van der Waals surface area (Å²) < 4.78 is 0. The molecule has 1 rings (SSSR count). The van der Waals surface area contributed by atoms with Gasteiger partial charge in [-0.25, -0.2) is 0 Å². The summed E-state index contributed by atoms with van der Waals surface area (Å²) in [4.78, 5) is 22.5. The lowest BCUT2D eigenvalue weighted by atomic mass is 10.0. The lowest BCUT2D eigenvalue weighted by Crippen LogP contribution is -2.26. The van der Waals surface area contributed by atoms with Crippen LogP contribution in [0.3, 0.4) is 0 Å². The van der Waals surface area contributed by atoms with E-state index in [0.29, 0.717) is 13.0 Å². The van der Waals surface area contributed by atoms with Gasteiger partial charge in [0.2, 0.25) is 0 Å². The van der Waals surface area contributed by atoms with Crippen LogP contribution < -0.4 is 10.6 Å². The molecule has 0 saturated carbocycles. The summed E-state index contributed by atoms with van der Waals surface area (Å²) in [5.74, 6) is -0.822. The van der Waals surface area contributed by atoms with Gasteiger partial charge in [0.15, 0.2) is 0 Å². The van der Waals surface area contributed by atoms with Crippen LogP contribution in [0.4, 0.5) is 0 Å². The first-order chi connectivity index (χ1) is 10.1. The van der Waals surface area contributed by atoms with Crippen molar-refractivity contribution >= 4 is 11.9 Å². The number of nitrogens with one attached hydrogen (secondary N) is 2. The summed E-state index contributed by atoms with van der Waals surface area (Å²) >= 11 is 0. The van der Waals surface area contributed by atoms with Gasteiger partial charge in [0, 0.05) is 18.5 Å². The lowest BCUT2D eigenvalue weighted by Gasteiger charge is -2.10.